The molecule has 0 bridgehead atoms. The molecule has 130 valence electrons. The molecule has 1 aliphatic carbocycles. The van der Waals surface area contributed by atoms with Crippen LogP contribution in [0.5, 0.6) is 5.75 Å². The van der Waals surface area contributed by atoms with Crippen molar-refractivity contribution in [3.8, 4) is 11.8 Å². The molecule has 0 radical (unpaired) electrons. The van der Waals surface area contributed by atoms with Gasteiger partial charge in [0.05, 0.1) is 5.56 Å². The van der Waals surface area contributed by atoms with Gasteiger partial charge in [0.1, 0.15) is 16.8 Å². The third kappa shape index (κ3) is 4.02. The molecule has 5 heteroatoms. The number of fused-ring (bicyclic) bond motifs is 1. The maximum atomic E-state index is 12.2. The van der Waals surface area contributed by atoms with Crippen molar-refractivity contribution < 1.29 is 9.53 Å². The van der Waals surface area contributed by atoms with Gasteiger partial charge in [-0.05, 0) is 54.9 Å². The van der Waals surface area contributed by atoms with Gasteiger partial charge in [-0.2, -0.15) is 5.26 Å². The van der Waals surface area contributed by atoms with Gasteiger partial charge in [-0.1, -0.05) is 26.0 Å². The molecule has 0 saturated carbocycles. The lowest BCUT2D eigenvalue weighted by atomic mass is 9.89. The first-order valence-electron chi connectivity index (χ1n) is 8.67. The molecule has 0 fully saturated rings. The van der Waals surface area contributed by atoms with Crippen LogP contribution in [-0.4, -0.2) is 12.5 Å². The minimum Gasteiger partial charge on any atom is -0.484 e. The maximum Gasteiger partial charge on any atom is 0.262 e. The Hall–Kier alpha value is -2.32. The van der Waals surface area contributed by atoms with E-state index < -0.39 is 0 Å². The summed E-state index contributed by atoms with van der Waals surface area (Å²) in [4.78, 5) is 13.5. The molecule has 0 unspecified atom stereocenters. The number of carbonyl (C=O) groups excluding carboxylic acids is 1. The number of benzene rings is 1. The van der Waals surface area contributed by atoms with Crippen LogP contribution in [0.3, 0.4) is 0 Å². The molecule has 1 N–H and O–H groups in total. The van der Waals surface area contributed by atoms with Gasteiger partial charge in [0.15, 0.2) is 6.61 Å². The second-order valence-corrected chi connectivity index (χ2v) is 7.61. The predicted octanol–water partition coefficient (Wildman–Crippen LogP) is 4.32. The molecule has 1 aromatic heterocycles. The van der Waals surface area contributed by atoms with Gasteiger partial charge >= 0.3 is 0 Å². The highest BCUT2D eigenvalue weighted by molar-refractivity contribution is 7.16. The topological polar surface area (TPSA) is 62.1 Å². The predicted molar refractivity (Wildman–Crippen MR) is 100 cm³/mol. The molecular weight excluding hydrogens is 332 g/mol. The standard InChI is InChI=1S/C20H22N2O2S/c1-3-14-5-7-15(8-6-14)24-12-19(23)22-20-17(11-21)16-9-4-13(2)10-18(16)25-20/h5-8,13H,3-4,9-10,12H2,1-2H3,(H,22,23)/t13-/m1/s1. The number of ether oxygens (including phenoxy) is 1. The van der Waals surface area contributed by atoms with Gasteiger partial charge in [-0.25, -0.2) is 0 Å². The summed E-state index contributed by atoms with van der Waals surface area (Å²) in [5.74, 6) is 1.07. The number of rotatable bonds is 5. The van der Waals surface area contributed by atoms with Crippen molar-refractivity contribution in [3.05, 3.63) is 45.8 Å². The number of nitrogens with one attached hydrogen (secondary N) is 1. The van der Waals surface area contributed by atoms with Crippen molar-refractivity contribution in [2.45, 2.75) is 39.5 Å². The Morgan fingerprint density at radius 1 is 1.40 bits per heavy atom. The number of hydrogen-bond acceptors (Lipinski definition) is 4. The molecule has 2 aromatic rings. The lowest BCUT2D eigenvalue weighted by molar-refractivity contribution is -0.118. The number of carbonyl (C=O) groups is 1. The molecule has 1 aliphatic rings. The fraction of sp³-hybridized carbons (Fsp3) is 0.400. The van der Waals surface area contributed by atoms with Gasteiger partial charge in [0, 0.05) is 4.88 Å². The first kappa shape index (κ1) is 17.5. The molecule has 0 spiro atoms. The maximum absolute atomic E-state index is 12.2. The smallest absolute Gasteiger partial charge is 0.262 e. The van der Waals surface area contributed by atoms with E-state index in [-0.39, 0.29) is 12.5 Å². The highest BCUT2D eigenvalue weighted by atomic mass is 32.1. The summed E-state index contributed by atoms with van der Waals surface area (Å²) in [6.07, 6.45) is 3.99. The van der Waals surface area contributed by atoms with E-state index in [0.717, 1.165) is 31.2 Å². The summed E-state index contributed by atoms with van der Waals surface area (Å²) < 4.78 is 5.54. The van der Waals surface area contributed by atoms with Crippen molar-refractivity contribution in [2.24, 2.45) is 5.92 Å². The molecule has 1 heterocycles. The minimum absolute atomic E-state index is 0.0602. The molecule has 0 aliphatic heterocycles. The van der Waals surface area contributed by atoms with Crippen LogP contribution in [-0.2, 0) is 24.1 Å². The quantitative estimate of drug-likeness (QED) is 0.869. The summed E-state index contributed by atoms with van der Waals surface area (Å²) in [6, 6.07) is 10.0. The summed E-state index contributed by atoms with van der Waals surface area (Å²) in [5, 5.41) is 13.0. The Kier molecular flexibility index (Phi) is 5.40. The Bertz CT molecular complexity index is 802. The zero-order valence-corrected chi connectivity index (χ0v) is 15.4. The molecule has 1 atom stereocenters. The monoisotopic (exact) mass is 354 g/mol. The molecular formula is C20H22N2O2S. The third-order valence-electron chi connectivity index (χ3n) is 4.58. The lowest BCUT2D eigenvalue weighted by Gasteiger charge is -2.17. The van der Waals surface area contributed by atoms with Gasteiger partial charge in [-0.15, -0.1) is 11.3 Å². The summed E-state index contributed by atoms with van der Waals surface area (Å²) in [5.41, 5.74) is 2.98. The number of hydrogen-bond donors (Lipinski definition) is 1. The molecule has 3 rings (SSSR count). The molecule has 1 aromatic carbocycles. The van der Waals surface area contributed by atoms with Crippen LogP contribution in [0.2, 0.25) is 0 Å². The molecule has 25 heavy (non-hydrogen) atoms. The SMILES string of the molecule is CCc1ccc(OCC(=O)Nc2sc3c(c2C#N)CC[C@@H](C)C3)cc1. The zero-order valence-electron chi connectivity index (χ0n) is 14.6. The summed E-state index contributed by atoms with van der Waals surface area (Å²) in [6.45, 7) is 4.26. The van der Waals surface area contributed by atoms with Crippen molar-refractivity contribution in [3.63, 3.8) is 0 Å². The average molecular weight is 354 g/mol. The van der Waals surface area contributed by atoms with Crippen LogP contribution >= 0.6 is 11.3 Å². The van der Waals surface area contributed by atoms with Gasteiger partial charge in [-0.3, -0.25) is 4.79 Å². The summed E-state index contributed by atoms with van der Waals surface area (Å²) >= 11 is 1.54. The van der Waals surface area contributed by atoms with E-state index in [1.807, 2.05) is 24.3 Å². The fourth-order valence-corrected chi connectivity index (χ4v) is 4.47. The van der Waals surface area contributed by atoms with Crippen LogP contribution in [0, 0.1) is 17.2 Å². The first-order chi connectivity index (χ1) is 12.1. The van der Waals surface area contributed by atoms with Crippen LogP contribution in [0.4, 0.5) is 5.00 Å². The molecule has 4 nitrogen and oxygen atoms in total. The number of nitriles is 1. The third-order valence-corrected chi connectivity index (χ3v) is 5.75. The highest BCUT2D eigenvalue weighted by Crippen LogP contribution is 2.39. The second kappa shape index (κ2) is 7.71. The van der Waals surface area contributed by atoms with E-state index in [9.17, 15) is 10.1 Å². The van der Waals surface area contributed by atoms with Gasteiger partial charge in [0.2, 0.25) is 0 Å². The normalized spacial score (nSPS) is 16.0. The van der Waals surface area contributed by atoms with Crippen LogP contribution in [0.15, 0.2) is 24.3 Å². The van der Waals surface area contributed by atoms with Crippen molar-refractivity contribution in [1.29, 1.82) is 5.26 Å². The molecule has 0 saturated heterocycles. The van der Waals surface area contributed by atoms with E-state index in [1.165, 1.54) is 21.8 Å². The van der Waals surface area contributed by atoms with E-state index in [2.05, 4.69) is 25.2 Å². The highest BCUT2D eigenvalue weighted by Gasteiger charge is 2.24. The number of thiophene rings is 1. The van der Waals surface area contributed by atoms with Crippen LogP contribution in [0.25, 0.3) is 0 Å². The van der Waals surface area contributed by atoms with Crippen LogP contribution < -0.4 is 10.1 Å². The molecule has 1 amide bonds. The Morgan fingerprint density at radius 2 is 2.16 bits per heavy atom. The lowest BCUT2D eigenvalue weighted by Crippen LogP contribution is -2.20. The van der Waals surface area contributed by atoms with E-state index >= 15 is 0 Å². The second-order valence-electron chi connectivity index (χ2n) is 6.50. The van der Waals surface area contributed by atoms with Crippen molar-refractivity contribution in [1.82, 2.24) is 0 Å². The van der Waals surface area contributed by atoms with E-state index in [4.69, 9.17) is 4.74 Å². The Labute approximate surface area is 152 Å². The zero-order chi connectivity index (χ0) is 17.8. The minimum atomic E-state index is -0.234. The number of aryl methyl sites for hydroxylation is 1. The van der Waals surface area contributed by atoms with Gasteiger partial charge < -0.3 is 10.1 Å². The average Bonchev–Trinajstić information content (AvgIpc) is 2.96. The largest absolute Gasteiger partial charge is 0.484 e. The number of anilines is 1. The summed E-state index contributed by atoms with van der Waals surface area (Å²) in [7, 11) is 0. The van der Waals surface area contributed by atoms with E-state index in [0.29, 0.717) is 22.2 Å². The van der Waals surface area contributed by atoms with Crippen LogP contribution in [0.1, 0.15) is 41.8 Å². The Balaban J connectivity index is 1.64. The first-order valence-corrected chi connectivity index (χ1v) is 9.48. The van der Waals surface area contributed by atoms with Crippen molar-refractivity contribution >= 4 is 22.2 Å². The van der Waals surface area contributed by atoms with E-state index in [1.54, 1.807) is 0 Å². The number of nitrogens with zero attached hydrogens (tertiary/aromatic N) is 1. The van der Waals surface area contributed by atoms with Crippen molar-refractivity contribution in [2.75, 3.05) is 11.9 Å². The Morgan fingerprint density at radius 3 is 2.84 bits per heavy atom. The fourth-order valence-electron chi connectivity index (χ4n) is 3.09. The van der Waals surface area contributed by atoms with Gasteiger partial charge in [0.25, 0.3) is 5.91 Å². The number of amides is 1.